The minimum atomic E-state index is -0.830. The second-order valence-corrected chi connectivity index (χ2v) is 4.86. The molecule has 116 valence electrons. The Balaban J connectivity index is 1.68. The first-order valence-corrected chi connectivity index (χ1v) is 6.86. The van der Waals surface area contributed by atoms with Gasteiger partial charge in [0.15, 0.2) is 0 Å². The minimum Gasteiger partial charge on any atom is -0.444 e. The van der Waals surface area contributed by atoms with Gasteiger partial charge in [-0.2, -0.15) is 0 Å². The molecular formula is C17H12F2N2O2. The standard InChI is InChI=1S/C17H12F2N2O2/c18-12-6-7-15(14(19)8-12)21-16(22)9-13-10-23-17(20-13)11-4-2-1-3-5-11/h1-8,10H,9H2,(H,21,22). The Labute approximate surface area is 130 Å². The van der Waals surface area contributed by atoms with E-state index in [4.69, 9.17) is 4.42 Å². The van der Waals surface area contributed by atoms with Gasteiger partial charge in [-0.3, -0.25) is 4.79 Å². The van der Waals surface area contributed by atoms with Gasteiger partial charge in [0, 0.05) is 11.6 Å². The summed E-state index contributed by atoms with van der Waals surface area (Å²) in [6.45, 7) is 0. The van der Waals surface area contributed by atoms with Crippen molar-refractivity contribution in [3.63, 3.8) is 0 Å². The van der Waals surface area contributed by atoms with Crippen molar-refractivity contribution in [2.24, 2.45) is 0 Å². The molecule has 0 saturated carbocycles. The van der Waals surface area contributed by atoms with Crippen LogP contribution in [0.2, 0.25) is 0 Å². The summed E-state index contributed by atoms with van der Waals surface area (Å²) in [5, 5.41) is 2.37. The third-order valence-corrected chi connectivity index (χ3v) is 3.12. The fourth-order valence-electron chi connectivity index (χ4n) is 2.05. The second-order valence-electron chi connectivity index (χ2n) is 4.86. The largest absolute Gasteiger partial charge is 0.444 e. The topological polar surface area (TPSA) is 55.1 Å². The molecular weight excluding hydrogens is 302 g/mol. The van der Waals surface area contributed by atoms with Crippen molar-refractivity contribution in [1.82, 2.24) is 4.98 Å². The van der Waals surface area contributed by atoms with E-state index in [1.807, 2.05) is 30.3 Å². The van der Waals surface area contributed by atoms with E-state index in [1.54, 1.807) is 0 Å². The summed E-state index contributed by atoms with van der Waals surface area (Å²) >= 11 is 0. The summed E-state index contributed by atoms with van der Waals surface area (Å²) in [5.74, 6) is -1.60. The number of aromatic nitrogens is 1. The zero-order valence-corrected chi connectivity index (χ0v) is 11.9. The first kappa shape index (κ1) is 14.9. The maximum atomic E-state index is 13.5. The van der Waals surface area contributed by atoms with Gasteiger partial charge in [0.05, 0.1) is 17.8 Å². The molecule has 1 heterocycles. The van der Waals surface area contributed by atoms with Crippen LogP contribution in [0.25, 0.3) is 11.5 Å². The Morgan fingerprint density at radius 2 is 1.91 bits per heavy atom. The van der Waals surface area contributed by atoms with E-state index in [0.29, 0.717) is 17.7 Å². The van der Waals surface area contributed by atoms with Crippen LogP contribution in [0.15, 0.2) is 59.2 Å². The number of oxazole rings is 1. The molecule has 0 atom stereocenters. The Kier molecular flexibility index (Phi) is 4.14. The highest BCUT2D eigenvalue weighted by atomic mass is 19.1. The van der Waals surface area contributed by atoms with Gasteiger partial charge in [0.2, 0.25) is 11.8 Å². The number of hydrogen-bond donors (Lipinski definition) is 1. The maximum absolute atomic E-state index is 13.5. The molecule has 0 aliphatic heterocycles. The van der Waals surface area contributed by atoms with Crippen molar-refractivity contribution < 1.29 is 18.0 Å². The average molecular weight is 314 g/mol. The van der Waals surface area contributed by atoms with E-state index in [2.05, 4.69) is 10.3 Å². The van der Waals surface area contributed by atoms with Crippen molar-refractivity contribution in [3.05, 3.63) is 72.1 Å². The molecule has 0 fully saturated rings. The first-order valence-electron chi connectivity index (χ1n) is 6.86. The van der Waals surface area contributed by atoms with Crippen LogP contribution in [0.3, 0.4) is 0 Å². The lowest BCUT2D eigenvalue weighted by Gasteiger charge is -2.05. The molecule has 4 nitrogen and oxygen atoms in total. The summed E-state index contributed by atoms with van der Waals surface area (Å²) in [7, 11) is 0. The number of amides is 1. The first-order chi connectivity index (χ1) is 11.1. The van der Waals surface area contributed by atoms with Crippen molar-refractivity contribution in [3.8, 4) is 11.5 Å². The maximum Gasteiger partial charge on any atom is 0.230 e. The number of anilines is 1. The normalized spacial score (nSPS) is 10.5. The molecule has 1 N–H and O–H groups in total. The summed E-state index contributed by atoms with van der Waals surface area (Å²) in [6, 6.07) is 12.2. The van der Waals surface area contributed by atoms with Crippen LogP contribution in [0.1, 0.15) is 5.69 Å². The highest BCUT2D eigenvalue weighted by Crippen LogP contribution is 2.19. The van der Waals surface area contributed by atoms with Crippen LogP contribution in [0.5, 0.6) is 0 Å². The number of rotatable bonds is 4. The van der Waals surface area contributed by atoms with E-state index in [1.165, 1.54) is 12.3 Å². The molecule has 0 unspecified atom stereocenters. The number of carbonyl (C=O) groups is 1. The van der Waals surface area contributed by atoms with Crippen LogP contribution in [-0.4, -0.2) is 10.9 Å². The number of carbonyl (C=O) groups excluding carboxylic acids is 1. The van der Waals surface area contributed by atoms with Gasteiger partial charge in [-0.15, -0.1) is 0 Å². The monoisotopic (exact) mass is 314 g/mol. The molecule has 2 aromatic carbocycles. The van der Waals surface area contributed by atoms with Crippen molar-refractivity contribution in [1.29, 1.82) is 0 Å². The molecule has 23 heavy (non-hydrogen) atoms. The van der Waals surface area contributed by atoms with Gasteiger partial charge >= 0.3 is 0 Å². The van der Waals surface area contributed by atoms with Gasteiger partial charge in [-0.05, 0) is 24.3 Å². The molecule has 0 aliphatic carbocycles. The smallest absolute Gasteiger partial charge is 0.230 e. The molecule has 1 amide bonds. The molecule has 3 rings (SSSR count). The summed E-state index contributed by atoms with van der Waals surface area (Å²) in [4.78, 5) is 16.1. The average Bonchev–Trinajstić information content (AvgIpc) is 2.99. The highest BCUT2D eigenvalue weighted by Gasteiger charge is 2.12. The Morgan fingerprint density at radius 1 is 1.13 bits per heavy atom. The lowest BCUT2D eigenvalue weighted by Crippen LogP contribution is -2.15. The van der Waals surface area contributed by atoms with Crippen LogP contribution in [0.4, 0.5) is 14.5 Å². The lowest BCUT2D eigenvalue weighted by molar-refractivity contribution is -0.115. The van der Waals surface area contributed by atoms with Crippen molar-refractivity contribution in [2.45, 2.75) is 6.42 Å². The van der Waals surface area contributed by atoms with Crippen LogP contribution in [-0.2, 0) is 11.2 Å². The van der Waals surface area contributed by atoms with Crippen molar-refractivity contribution >= 4 is 11.6 Å². The molecule has 3 aromatic rings. The zero-order chi connectivity index (χ0) is 16.2. The summed E-state index contributed by atoms with van der Waals surface area (Å²) in [6.07, 6.45) is 1.30. The van der Waals surface area contributed by atoms with E-state index in [-0.39, 0.29) is 12.1 Å². The van der Waals surface area contributed by atoms with Crippen LogP contribution < -0.4 is 5.32 Å². The quantitative estimate of drug-likeness (QED) is 0.797. The van der Waals surface area contributed by atoms with E-state index < -0.39 is 17.5 Å². The molecule has 0 saturated heterocycles. The molecule has 0 aliphatic rings. The van der Waals surface area contributed by atoms with Crippen molar-refractivity contribution in [2.75, 3.05) is 5.32 Å². The number of hydrogen-bond acceptors (Lipinski definition) is 3. The van der Waals surface area contributed by atoms with Crippen LogP contribution >= 0.6 is 0 Å². The minimum absolute atomic E-state index is 0.0762. The SMILES string of the molecule is O=C(Cc1coc(-c2ccccc2)n1)Nc1ccc(F)cc1F. The third-order valence-electron chi connectivity index (χ3n) is 3.12. The predicted molar refractivity (Wildman–Crippen MR) is 80.6 cm³/mol. The zero-order valence-electron chi connectivity index (χ0n) is 11.9. The number of nitrogens with one attached hydrogen (secondary N) is 1. The molecule has 0 spiro atoms. The Hall–Kier alpha value is -3.02. The second kappa shape index (κ2) is 6.39. The highest BCUT2D eigenvalue weighted by molar-refractivity contribution is 5.92. The number of halogens is 2. The Bertz CT molecular complexity index is 832. The molecule has 0 bridgehead atoms. The van der Waals surface area contributed by atoms with Crippen LogP contribution in [0, 0.1) is 11.6 Å². The fourth-order valence-corrected chi connectivity index (χ4v) is 2.05. The van der Waals surface area contributed by atoms with E-state index >= 15 is 0 Å². The molecule has 6 heteroatoms. The number of nitrogens with zero attached hydrogens (tertiary/aromatic N) is 1. The predicted octanol–water partition coefficient (Wildman–Crippen LogP) is 3.80. The molecule has 0 radical (unpaired) electrons. The van der Waals surface area contributed by atoms with Gasteiger partial charge in [0.25, 0.3) is 0 Å². The van der Waals surface area contributed by atoms with E-state index in [9.17, 15) is 13.6 Å². The van der Waals surface area contributed by atoms with Gasteiger partial charge in [-0.25, -0.2) is 13.8 Å². The fraction of sp³-hybridized carbons (Fsp3) is 0.0588. The third kappa shape index (κ3) is 3.60. The molecule has 1 aromatic heterocycles. The summed E-state index contributed by atoms with van der Waals surface area (Å²) < 4.78 is 31.6. The summed E-state index contributed by atoms with van der Waals surface area (Å²) in [5.41, 5.74) is 1.13. The van der Waals surface area contributed by atoms with Gasteiger partial charge in [0.1, 0.15) is 17.9 Å². The van der Waals surface area contributed by atoms with Gasteiger partial charge < -0.3 is 9.73 Å². The van der Waals surface area contributed by atoms with Gasteiger partial charge in [-0.1, -0.05) is 18.2 Å². The Morgan fingerprint density at radius 3 is 2.65 bits per heavy atom. The number of benzene rings is 2. The van der Waals surface area contributed by atoms with E-state index in [0.717, 1.165) is 11.6 Å². The lowest BCUT2D eigenvalue weighted by atomic mass is 10.2.